The van der Waals surface area contributed by atoms with Crippen LogP contribution in [0, 0.1) is 13.8 Å². The number of carbonyl (C=O) groups excluding carboxylic acids is 2. The summed E-state index contributed by atoms with van der Waals surface area (Å²) in [6.07, 6.45) is 1.52. The maximum Gasteiger partial charge on any atom is 0.278 e. The lowest BCUT2D eigenvalue weighted by Crippen LogP contribution is -2.31. The number of benzene rings is 2. The van der Waals surface area contributed by atoms with Gasteiger partial charge in [-0.05, 0) is 55.3 Å². The Morgan fingerprint density at radius 1 is 1.00 bits per heavy atom. The third-order valence-corrected chi connectivity index (χ3v) is 5.08. The summed E-state index contributed by atoms with van der Waals surface area (Å²) >= 11 is 0. The van der Waals surface area contributed by atoms with E-state index in [0.717, 1.165) is 16.8 Å². The summed E-state index contributed by atoms with van der Waals surface area (Å²) < 4.78 is 10.6. The zero-order valence-corrected chi connectivity index (χ0v) is 17.1. The van der Waals surface area contributed by atoms with Crippen molar-refractivity contribution in [3.05, 3.63) is 89.0 Å². The Hall–Kier alpha value is -3.80. The number of anilines is 1. The van der Waals surface area contributed by atoms with Crippen LogP contribution in [0.3, 0.4) is 0 Å². The number of hydrogen-bond acceptors (Lipinski definition) is 5. The van der Waals surface area contributed by atoms with Gasteiger partial charge in [-0.25, -0.2) is 0 Å². The molecule has 0 atom stereocenters. The molecule has 2 aromatic carbocycles. The van der Waals surface area contributed by atoms with Crippen molar-refractivity contribution in [1.82, 2.24) is 4.90 Å². The molecule has 0 saturated heterocycles. The lowest BCUT2D eigenvalue weighted by atomic mass is 10.0. The number of nitrogens with zero attached hydrogens (tertiary/aromatic N) is 1. The number of aryl methyl sites for hydroxylation is 2. The Balaban J connectivity index is 1.76. The molecule has 0 radical (unpaired) electrons. The van der Waals surface area contributed by atoms with Crippen LogP contribution in [0.4, 0.5) is 5.69 Å². The molecule has 0 bridgehead atoms. The Kier molecular flexibility index (Phi) is 5.14. The van der Waals surface area contributed by atoms with Crippen molar-refractivity contribution in [2.75, 3.05) is 12.4 Å². The van der Waals surface area contributed by atoms with E-state index in [2.05, 4.69) is 5.32 Å². The standard InChI is InChI=1S/C24H22N2O4/c1-15-6-11-20(16(2)13-15)25-22-21(17-7-9-18(29-3)10-8-17)23(27)26(24(22)28)14-19-5-4-12-30-19/h4-13,25H,14H2,1-3H3. The fourth-order valence-electron chi connectivity index (χ4n) is 3.51. The molecule has 1 aliphatic rings. The lowest BCUT2D eigenvalue weighted by Gasteiger charge is -2.14. The average molecular weight is 402 g/mol. The van der Waals surface area contributed by atoms with E-state index in [1.54, 1.807) is 43.5 Å². The maximum absolute atomic E-state index is 13.3. The van der Waals surface area contributed by atoms with Gasteiger partial charge in [0.15, 0.2) is 0 Å². The van der Waals surface area contributed by atoms with Gasteiger partial charge in [0, 0.05) is 5.69 Å². The van der Waals surface area contributed by atoms with Crippen LogP contribution in [-0.2, 0) is 16.1 Å². The second-order valence-corrected chi connectivity index (χ2v) is 7.20. The Labute approximate surface area is 174 Å². The Morgan fingerprint density at radius 2 is 1.77 bits per heavy atom. The second kappa shape index (κ2) is 7.91. The number of furan rings is 1. The van der Waals surface area contributed by atoms with E-state index in [4.69, 9.17) is 9.15 Å². The molecule has 6 heteroatoms. The predicted octanol–water partition coefficient (Wildman–Crippen LogP) is 4.30. The summed E-state index contributed by atoms with van der Waals surface area (Å²) in [6.45, 7) is 4.04. The molecule has 4 rings (SSSR count). The minimum Gasteiger partial charge on any atom is -0.497 e. The minimum absolute atomic E-state index is 0.0718. The number of hydrogen-bond donors (Lipinski definition) is 1. The molecule has 30 heavy (non-hydrogen) atoms. The third-order valence-electron chi connectivity index (χ3n) is 5.08. The largest absolute Gasteiger partial charge is 0.497 e. The van der Waals surface area contributed by atoms with Crippen LogP contribution in [0.2, 0.25) is 0 Å². The molecular formula is C24H22N2O4. The summed E-state index contributed by atoms with van der Waals surface area (Å²) in [5.74, 6) is 0.460. The zero-order chi connectivity index (χ0) is 21.3. The molecule has 2 heterocycles. The Morgan fingerprint density at radius 3 is 2.40 bits per heavy atom. The van der Waals surface area contributed by atoms with E-state index in [1.165, 1.54) is 11.2 Å². The fraction of sp³-hybridized carbons (Fsp3) is 0.167. The minimum atomic E-state index is -0.387. The van der Waals surface area contributed by atoms with Crippen molar-refractivity contribution in [3.63, 3.8) is 0 Å². The van der Waals surface area contributed by atoms with Crippen LogP contribution < -0.4 is 10.1 Å². The van der Waals surface area contributed by atoms with Crippen molar-refractivity contribution in [2.45, 2.75) is 20.4 Å². The monoisotopic (exact) mass is 402 g/mol. The molecule has 3 aromatic rings. The topological polar surface area (TPSA) is 71.8 Å². The van der Waals surface area contributed by atoms with E-state index in [9.17, 15) is 9.59 Å². The highest BCUT2D eigenvalue weighted by Gasteiger charge is 2.39. The SMILES string of the molecule is COc1ccc(C2=C(Nc3ccc(C)cc3C)C(=O)N(Cc3ccco3)C2=O)cc1. The van der Waals surface area contributed by atoms with Gasteiger partial charge in [-0.15, -0.1) is 0 Å². The van der Waals surface area contributed by atoms with Crippen molar-refractivity contribution in [2.24, 2.45) is 0 Å². The number of nitrogens with one attached hydrogen (secondary N) is 1. The van der Waals surface area contributed by atoms with Crippen LogP contribution in [0.1, 0.15) is 22.5 Å². The quantitative estimate of drug-likeness (QED) is 0.623. The van der Waals surface area contributed by atoms with E-state index < -0.39 is 0 Å². The van der Waals surface area contributed by atoms with Crippen molar-refractivity contribution < 1.29 is 18.7 Å². The predicted molar refractivity (Wildman–Crippen MR) is 114 cm³/mol. The number of rotatable bonds is 6. The molecule has 0 unspecified atom stereocenters. The number of methoxy groups -OCH3 is 1. The Bertz CT molecular complexity index is 1130. The summed E-state index contributed by atoms with van der Waals surface area (Å²) in [7, 11) is 1.58. The molecule has 152 valence electrons. The first kappa shape index (κ1) is 19.5. The van der Waals surface area contributed by atoms with Crippen molar-refractivity contribution in [1.29, 1.82) is 0 Å². The van der Waals surface area contributed by atoms with E-state index in [1.807, 2.05) is 32.0 Å². The number of carbonyl (C=O) groups is 2. The maximum atomic E-state index is 13.3. The average Bonchev–Trinajstić information content (AvgIpc) is 3.33. The molecular weight excluding hydrogens is 380 g/mol. The highest BCUT2D eigenvalue weighted by Crippen LogP contribution is 2.33. The van der Waals surface area contributed by atoms with Crippen LogP contribution in [0.25, 0.3) is 5.57 Å². The molecule has 1 N–H and O–H groups in total. The fourth-order valence-corrected chi connectivity index (χ4v) is 3.51. The van der Waals surface area contributed by atoms with Gasteiger partial charge in [-0.1, -0.05) is 29.8 Å². The molecule has 2 amide bonds. The van der Waals surface area contributed by atoms with Crippen LogP contribution >= 0.6 is 0 Å². The van der Waals surface area contributed by atoms with Gasteiger partial charge in [0.1, 0.15) is 17.2 Å². The summed E-state index contributed by atoms with van der Waals surface area (Å²) in [5, 5.41) is 3.21. The molecule has 0 fully saturated rings. The van der Waals surface area contributed by atoms with E-state index >= 15 is 0 Å². The van der Waals surface area contributed by atoms with E-state index in [-0.39, 0.29) is 24.1 Å². The molecule has 1 aromatic heterocycles. The highest BCUT2D eigenvalue weighted by atomic mass is 16.5. The highest BCUT2D eigenvalue weighted by molar-refractivity contribution is 6.36. The van der Waals surface area contributed by atoms with Gasteiger partial charge < -0.3 is 14.5 Å². The van der Waals surface area contributed by atoms with Gasteiger partial charge in [0.25, 0.3) is 11.8 Å². The smallest absolute Gasteiger partial charge is 0.278 e. The summed E-state index contributed by atoms with van der Waals surface area (Å²) in [5.41, 5.74) is 4.11. The van der Waals surface area contributed by atoms with Crippen LogP contribution in [-0.4, -0.2) is 23.8 Å². The number of imide groups is 1. The van der Waals surface area contributed by atoms with Gasteiger partial charge in [-0.2, -0.15) is 0 Å². The van der Waals surface area contributed by atoms with Gasteiger partial charge in [0.2, 0.25) is 0 Å². The van der Waals surface area contributed by atoms with Gasteiger partial charge >= 0.3 is 0 Å². The zero-order valence-electron chi connectivity index (χ0n) is 17.1. The van der Waals surface area contributed by atoms with Crippen molar-refractivity contribution in [3.8, 4) is 5.75 Å². The first-order valence-corrected chi connectivity index (χ1v) is 9.59. The van der Waals surface area contributed by atoms with Crippen molar-refractivity contribution >= 4 is 23.1 Å². The summed E-state index contributed by atoms with van der Waals surface area (Å²) in [4.78, 5) is 27.7. The van der Waals surface area contributed by atoms with Gasteiger partial charge in [-0.3, -0.25) is 14.5 Å². The van der Waals surface area contributed by atoms with Gasteiger partial charge in [0.05, 0.1) is 25.5 Å². The van der Waals surface area contributed by atoms with E-state index in [0.29, 0.717) is 22.6 Å². The molecule has 0 saturated carbocycles. The first-order valence-electron chi connectivity index (χ1n) is 9.59. The number of ether oxygens (including phenoxy) is 1. The molecule has 0 spiro atoms. The first-order chi connectivity index (χ1) is 14.5. The number of amides is 2. The lowest BCUT2D eigenvalue weighted by molar-refractivity contribution is -0.137. The normalized spacial score (nSPS) is 13.9. The summed E-state index contributed by atoms with van der Waals surface area (Å²) in [6, 6.07) is 16.5. The third kappa shape index (κ3) is 3.59. The molecule has 1 aliphatic heterocycles. The molecule has 6 nitrogen and oxygen atoms in total. The van der Waals surface area contributed by atoms with Crippen LogP contribution in [0.15, 0.2) is 71.0 Å². The second-order valence-electron chi connectivity index (χ2n) is 7.20. The van der Waals surface area contributed by atoms with Crippen LogP contribution in [0.5, 0.6) is 5.75 Å². The molecule has 0 aliphatic carbocycles.